The molecule has 0 radical (unpaired) electrons. The van der Waals surface area contributed by atoms with Gasteiger partial charge >= 0.3 is 0 Å². The molecule has 0 saturated carbocycles. The van der Waals surface area contributed by atoms with Crippen LogP contribution in [0.5, 0.6) is 0 Å². The molecule has 3 rings (SSSR count). The van der Waals surface area contributed by atoms with Crippen molar-refractivity contribution in [1.82, 2.24) is 9.88 Å². The topological polar surface area (TPSA) is 91.6 Å². The van der Waals surface area contributed by atoms with Gasteiger partial charge in [0.15, 0.2) is 5.13 Å². The van der Waals surface area contributed by atoms with Gasteiger partial charge in [-0.05, 0) is 13.0 Å². The van der Waals surface area contributed by atoms with Crippen LogP contribution in [-0.4, -0.2) is 52.9 Å². The molecule has 25 heavy (non-hydrogen) atoms. The minimum atomic E-state index is -0.384. The highest BCUT2D eigenvalue weighted by atomic mass is 32.1. The van der Waals surface area contributed by atoms with Crippen molar-refractivity contribution in [2.24, 2.45) is 0 Å². The molecule has 1 amide bonds. The standard InChI is InChI=1S/C16H19N5O3S/c1-12(15(22)18-16-17-5-10-25-16)19-6-8-20(9-7-19)13-3-2-4-14(11-13)21(23)24/h2-5,10-12H,6-9H2,1H3,(H,17,18,22). The maximum atomic E-state index is 12.3. The number of carbonyl (C=O) groups excluding carboxylic acids is 1. The van der Waals surface area contributed by atoms with Gasteiger partial charge in [0.1, 0.15) is 0 Å². The first kappa shape index (κ1) is 17.3. The number of benzene rings is 1. The molecule has 1 aliphatic rings. The third-order valence-corrected chi connectivity index (χ3v) is 5.00. The number of anilines is 2. The molecule has 9 heteroatoms. The largest absolute Gasteiger partial charge is 0.369 e. The third kappa shape index (κ3) is 4.12. The lowest BCUT2D eigenvalue weighted by Gasteiger charge is -2.38. The highest BCUT2D eigenvalue weighted by Gasteiger charge is 2.26. The number of amides is 1. The fourth-order valence-electron chi connectivity index (χ4n) is 2.83. The fourth-order valence-corrected chi connectivity index (χ4v) is 3.36. The lowest BCUT2D eigenvalue weighted by Crippen LogP contribution is -2.52. The van der Waals surface area contributed by atoms with Crippen molar-refractivity contribution in [3.63, 3.8) is 0 Å². The molecule has 1 N–H and O–H groups in total. The number of hydrogen-bond donors (Lipinski definition) is 1. The van der Waals surface area contributed by atoms with E-state index < -0.39 is 0 Å². The molecule has 1 atom stereocenters. The van der Waals surface area contributed by atoms with E-state index in [4.69, 9.17) is 0 Å². The Morgan fingerprint density at radius 3 is 2.76 bits per heavy atom. The average Bonchev–Trinajstić information content (AvgIpc) is 3.14. The molecule has 0 bridgehead atoms. The predicted molar refractivity (Wildman–Crippen MR) is 97.1 cm³/mol. The van der Waals surface area contributed by atoms with Gasteiger partial charge in [-0.2, -0.15) is 0 Å². The summed E-state index contributed by atoms with van der Waals surface area (Å²) >= 11 is 1.39. The summed E-state index contributed by atoms with van der Waals surface area (Å²) in [6, 6.07) is 6.40. The first-order chi connectivity index (χ1) is 12.0. The van der Waals surface area contributed by atoms with Gasteiger partial charge in [-0.3, -0.25) is 19.8 Å². The number of thiazole rings is 1. The number of nitrogens with one attached hydrogen (secondary N) is 1. The van der Waals surface area contributed by atoms with E-state index in [-0.39, 0.29) is 22.6 Å². The summed E-state index contributed by atoms with van der Waals surface area (Å²) in [6.07, 6.45) is 1.66. The van der Waals surface area contributed by atoms with E-state index >= 15 is 0 Å². The summed E-state index contributed by atoms with van der Waals surface area (Å²) in [5.41, 5.74) is 0.935. The van der Waals surface area contributed by atoms with Gasteiger partial charge in [0.2, 0.25) is 5.91 Å². The molecule has 1 aromatic heterocycles. The maximum absolute atomic E-state index is 12.3. The van der Waals surface area contributed by atoms with Crippen molar-refractivity contribution in [2.45, 2.75) is 13.0 Å². The van der Waals surface area contributed by atoms with Crippen molar-refractivity contribution in [2.75, 3.05) is 36.4 Å². The molecule has 1 unspecified atom stereocenters. The first-order valence-corrected chi connectivity index (χ1v) is 8.86. The van der Waals surface area contributed by atoms with E-state index in [1.54, 1.807) is 18.3 Å². The predicted octanol–water partition coefficient (Wildman–Crippen LogP) is 2.20. The Kier molecular flexibility index (Phi) is 5.25. The number of non-ortho nitro benzene ring substituents is 1. The quantitative estimate of drug-likeness (QED) is 0.648. The number of nitrogens with zero attached hydrogens (tertiary/aromatic N) is 4. The maximum Gasteiger partial charge on any atom is 0.271 e. The SMILES string of the molecule is CC(C(=O)Nc1nccs1)N1CCN(c2cccc([N+](=O)[O-])c2)CC1. The van der Waals surface area contributed by atoms with Crippen LogP contribution >= 0.6 is 11.3 Å². The number of nitro benzene ring substituents is 1. The zero-order valence-corrected chi connectivity index (χ0v) is 14.6. The minimum Gasteiger partial charge on any atom is -0.369 e. The van der Waals surface area contributed by atoms with Gasteiger partial charge in [0.25, 0.3) is 5.69 Å². The van der Waals surface area contributed by atoms with E-state index in [1.807, 2.05) is 18.4 Å². The molecule has 1 aliphatic heterocycles. The van der Waals surface area contributed by atoms with Crippen LogP contribution in [0.25, 0.3) is 0 Å². The smallest absolute Gasteiger partial charge is 0.271 e. The van der Waals surface area contributed by atoms with Crippen LogP contribution in [0.1, 0.15) is 6.92 Å². The van der Waals surface area contributed by atoms with Crippen LogP contribution in [0.4, 0.5) is 16.5 Å². The second-order valence-electron chi connectivity index (χ2n) is 5.80. The summed E-state index contributed by atoms with van der Waals surface area (Å²) in [4.78, 5) is 31.1. The van der Waals surface area contributed by atoms with E-state index in [1.165, 1.54) is 17.4 Å². The Morgan fingerprint density at radius 1 is 1.36 bits per heavy atom. The molecular weight excluding hydrogens is 342 g/mol. The Hall–Kier alpha value is -2.52. The molecule has 8 nitrogen and oxygen atoms in total. The van der Waals surface area contributed by atoms with E-state index in [0.29, 0.717) is 5.13 Å². The Labute approximate surface area is 149 Å². The number of hydrogen-bond acceptors (Lipinski definition) is 7. The number of piperazine rings is 1. The summed E-state index contributed by atoms with van der Waals surface area (Å²) in [5, 5.41) is 16.2. The van der Waals surface area contributed by atoms with E-state index in [0.717, 1.165) is 31.9 Å². The van der Waals surface area contributed by atoms with Crippen LogP contribution < -0.4 is 10.2 Å². The summed E-state index contributed by atoms with van der Waals surface area (Å²) in [6.45, 7) is 4.75. The zero-order valence-electron chi connectivity index (χ0n) is 13.8. The first-order valence-electron chi connectivity index (χ1n) is 7.98. The molecule has 0 aliphatic carbocycles. The average molecular weight is 361 g/mol. The normalized spacial score (nSPS) is 16.4. The number of rotatable bonds is 5. The summed E-state index contributed by atoms with van der Waals surface area (Å²) in [5.74, 6) is -0.0706. The molecule has 0 spiro atoms. The van der Waals surface area contributed by atoms with Gasteiger partial charge in [0.05, 0.1) is 11.0 Å². The lowest BCUT2D eigenvalue weighted by molar-refractivity contribution is -0.384. The Balaban J connectivity index is 1.57. The van der Waals surface area contributed by atoms with Gasteiger partial charge in [0, 0.05) is 55.6 Å². The van der Waals surface area contributed by atoms with E-state index in [9.17, 15) is 14.9 Å². The molecule has 1 aromatic carbocycles. The summed E-state index contributed by atoms with van der Waals surface area (Å²) < 4.78 is 0. The van der Waals surface area contributed by atoms with Gasteiger partial charge in [-0.25, -0.2) is 4.98 Å². The van der Waals surface area contributed by atoms with E-state index in [2.05, 4.69) is 20.1 Å². The van der Waals surface area contributed by atoms with Gasteiger partial charge < -0.3 is 10.2 Å². The van der Waals surface area contributed by atoms with Gasteiger partial charge in [-0.15, -0.1) is 11.3 Å². The molecule has 2 aromatic rings. The lowest BCUT2D eigenvalue weighted by atomic mass is 10.2. The summed E-state index contributed by atoms with van der Waals surface area (Å²) in [7, 11) is 0. The number of aromatic nitrogens is 1. The highest BCUT2D eigenvalue weighted by molar-refractivity contribution is 7.13. The van der Waals surface area contributed by atoms with Crippen LogP contribution in [0.3, 0.4) is 0 Å². The Morgan fingerprint density at radius 2 is 2.12 bits per heavy atom. The monoisotopic (exact) mass is 361 g/mol. The third-order valence-electron chi connectivity index (χ3n) is 4.31. The van der Waals surface area contributed by atoms with Gasteiger partial charge in [-0.1, -0.05) is 6.07 Å². The number of nitro groups is 1. The molecule has 1 saturated heterocycles. The van der Waals surface area contributed by atoms with Crippen LogP contribution in [-0.2, 0) is 4.79 Å². The molecule has 132 valence electrons. The minimum absolute atomic E-state index is 0.0706. The fraction of sp³-hybridized carbons (Fsp3) is 0.375. The molecule has 2 heterocycles. The molecule has 1 fully saturated rings. The zero-order chi connectivity index (χ0) is 17.8. The number of carbonyl (C=O) groups is 1. The van der Waals surface area contributed by atoms with Crippen LogP contribution in [0.15, 0.2) is 35.8 Å². The van der Waals surface area contributed by atoms with Crippen LogP contribution in [0, 0.1) is 10.1 Å². The van der Waals surface area contributed by atoms with Crippen molar-refractivity contribution in [1.29, 1.82) is 0 Å². The second-order valence-corrected chi connectivity index (χ2v) is 6.70. The van der Waals surface area contributed by atoms with Crippen LogP contribution in [0.2, 0.25) is 0 Å². The second kappa shape index (κ2) is 7.58. The van der Waals surface area contributed by atoms with Crippen molar-refractivity contribution in [3.8, 4) is 0 Å². The van der Waals surface area contributed by atoms with Crippen molar-refractivity contribution >= 4 is 33.8 Å². The van der Waals surface area contributed by atoms with Crippen molar-refractivity contribution < 1.29 is 9.72 Å². The van der Waals surface area contributed by atoms with Crippen molar-refractivity contribution in [3.05, 3.63) is 46.0 Å². The highest BCUT2D eigenvalue weighted by Crippen LogP contribution is 2.22. The Bertz CT molecular complexity index is 744. The molecular formula is C16H19N5O3S.